The monoisotopic (exact) mass is 384 g/mol. The first-order chi connectivity index (χ1) is 13.5. The molecule has 0 fully saturated rings. The van der Waals surface area contributed by atoms with E-state index >= 15 is 0 Å². The number of fused-ring (bicyclic) bond motifs is 2. The van der Waals surface area contributed by atoms with E-state index in [9.17, 15) is 14.0 Å². The number of likely N-dealkylation sites (N-methyl/N-ethyl adjacent to an activating group) is 1. The van der Waals surface area contributed by atoms with Crippen molar-refractivity contribution >= 4 is 23.3 Å². The van der Waals surface area contributed by atoms with Crippen LogP contribution < -0.4 is 20.7 Å². The van der Waals surface area contributed by atoms with Gasteiger partial charge in [-0.05, 0) is 30.7 Å². The molecule has 2 aliphatic heterocycles. The van der Waals surface area contributed by atoms with Crippen LogP contribution in [0.3, 0.4) is 0 Å². The second-order valence-electron chi connectivity index (χ2n) is 7.05. The number of nitrogens with zero attached hydrogens (tertiary/aromatic N) is 1. The summed E-state index contributed by atoms with van der Waals surface area (Å²) in [5.74, 6) is -1.03. The third-order valence-electron chi connectivity index (χ3n) is 5.04. The molecule has 0 aliphatic carbocycles. The van der Waals surface area contributed by atoms with E-state index in [1.165, 1.54) is 23.3 Å². The van der Waals surface area contributed by atoms with Crippen molar-refractivity contribution in [2.45, 2.75) is 19.0 Å². The summed E-state index contributed by atoms with van der Waals surface area (Å²) in [7, 11) is 2.03. The highest BCUT2D eigenvalue weighted by atomic mass is 19.1. The van der Waals surface area contributed by atoms with Gasteiger partial charge >= 0.3 is 6.03 Å². The first-order valence-corrected chi connectivity index (χ1v) is 9.07. The largest absolute Gasteiger partial charge is 0.478 e. The summed E-state index contributed by atoms with van der Waals surface area (Å²) in [6.45, 7) is 1.07. The van der Waals surface area contributed by atoms with E-state index in [1.54, 1.807) is 0 Å². The van der Waals surface area contributed by atoms with Gasteiger partial charge in [-0.25, -0.2) is 9.18 Å². The average Bonchev–Trinajstić information content (AvgIpc) is 2.66. The third-order valence-corrected chi connectivity index (χ3v) is 5.04. The zero-order valence-electron chi connectivity index (χ0n) is 15.4. The topological polar surface area (TPSA) is 82.7 Å². The zero-order chi connectivity index (χ0) is 19.7. The van der Waals surface area contributed by atoms with Crippen molar-refractivity contribution in [2.75, 3.05) is 30.8 Å². The van der Waals surface area contributed by atoms with Crippen LogP contribution in [0.4, 0.5) is 20.6 Å². The van der Waals surface area contributed by atoms with Crippen molar-refractivity contribution in [3.05, 3.63) is 53.3 Å². The first kappa shape index (κ1) is 18.2. The molecule has 2 heterocycles. The van der Waals surface area contributed by atoms with Gasteiger partial charge in [0.1, 0.15) is 0 Å². The number of halogens is 1. The van der Waals surface area contributed by atoms with Crippen LogP contribution in [0.2, 0.25) is 0 Å². The highest BCUT2D eigenvalue weighted by molar-refractivity contribution is 5.97. The smallest absolute Gasteiger partial charge is 0.319 e. The van der Waals surface area contributed by atoms with Gasteiger partial charge in [0, 0.05) is 30.9 Å². The average molecular weight is 384 g/mol. The minimum atomic E-state index is -0.642. The summed E-state index contributed by atoms with van der Waals surface area (Å²) in [5, 5.41) is 7.97. The summed E-state index contributed by atoms with van der Waals surface area (Å²) in [4.78, 5) is 25.9. The van der Waals surface area contributed by atoms with Crippen molar-refractivity contribution in [3.8, 4) is 5.75 Å². The van der Waals surface area contributed by atoms with E-state index in [4.69, 9.17) is 4.74 Å². The molecule has 1 unspecified atom stereocenters. The lowest BCUT2D eigenvalue weighted by Gasteiger charge is -2.34. The van der Waals surface area contributed by atoms with Crippen molar-refractivity contribution in [3.63, 3.8) is 0 Å². The van der Waals surface area contributed by atoms with Crippen LogP contribution in [0.1, 0.15) is 11.1 Å². The zero-order valence-corrected chi connectivity index (χ0v) is 15.4. The molecule has 3 amide bonds. The van der Waals surface area contributed by atoms with Crippen molar-refractivity contribution in [1.29, 1.82) is 0 Å². The predicted octanol–water partition coefficient (Wildman–Crippen LogP) is 2.33. The highest BCUT2D eigenvalue weighted by Crippen LogP contribution is 2.33. The maximum Gasteiger partial charge on any atom is 0.319 e. The first-order valence-electron chi connectivity index (χ1n) is 9.07. The van der Waals surface area contributed by atoms with E-state index < -0.39 is 11.8 Å². The minimum absolute atomic E-state index is 0.0203. The second kappa shape index (κ2) is 7.47. The highest BCUT2D eigenvalue weighted by Gasteiger charge is 2.24. The van der Waals surface area contributed by atoms with Gasteiger partial charge in [-0.15, -0.1) is 0 Å². The number of hydrogen-bond donors (Lipinski definition) is 3. The number of carbonyl (C=O) groups is 2. The minimum Gasteiger partial charge on any atom is -0.478 e. The number of benzene rings is 2. The molecule has 0 saturated heterocycles. The molecule has 0 bridgehead atoms. The second-order valence-corrected chi connectivity index (χ2v) is 7.05. The van der Waals surface area contributed by atoms with Crippen molar-refractivity contribution in [2.24, 2.45) is 0 Å². The van der Waals surface area contributed by atoms with E-state index in [-0.39, 0.29) is 35.7 Å². The molecule has 4 rings (SSSR count). The molecule has 1 atom stereocenters. The van der Waals surface area contributed by atoms with Crippen molar-refractivity contribution < 1.29 is 18.7 Å². The Morgan fingerprint density at radius 3 is 2.93 bits per heavy atom. The summed E-state index contributed by atoms with van der Waals surface area (Å²) in [6, 6.07) is 10.7. The summed E-state index contributed by atoms with van der Waals surface area (Å²) >= 11 is 0. The number of urea groups is 1. The number of amides is 3. The summed E-state index contributed by atoms with van der Waals surface area (Å²) in [5.41, 5.74) is 3.04. The lowest BCUT2D eigenvalue weighted by molar-refractivity contribution is -0.118. The van der Waals surface area contributed by atoms with Crippen LogP contribution in [-0.4, -0.2) is 43.1 Å². The van der Waals surface area contributed by atoms with Gasteiger partial charge in [-0.3, -0.25) is 9.69 Å². The van der Waals surface area contributed by atoms with E-state index in [0.717, 1.165) is 13.0 Å². The Labute approximate surface area is 161 Å². The normalized spacial score (nSPS) is 18.4. The lowest BCUT2D eigenvalue weighted by atomic mass is 9.94. The van der Waals surface area contributed by atoms with E-state index in [1.807, 2.05) is 19.2 Å². The Balaban J connectivity index is 1.37. The Hall–Kier alpha value is -3.13. The quantitative estimate of drug-likeness (QED) is 0.759. The fourth-order valence-electron chi connectivity index (χ4n) is 3.56. The van der Waals surface area contributed by atoms with Crippen LogP contribution in [0.25, 0.3) is 0 Å². The molecule has 0 aromatic heterocycles. The number of ether oxygens (including phenoxy) is 1. The van der Waals surface area contributed by atoms with Gasteiger partial charge < -0.3 is 20.7 Å². The van der Waals surface area contributed by atoms with Crippen molar-refractivity contribution in [1.82, 2.24) is 10.2 Å². The van der Waals surface area contributed by atoms with Crippen LogP contribution in [0, 0.1) is 5.82 Å². The van der Waals surface area contributed by atoms with Crippen LogP contribution in [-0.2, 0) is 17.8 Å². The molecular formula is C20H21FN4O3. The van der Waals surface area contributed by atoms with E-state index in [2.05, 4.69) is 33.0 Å². The van der Waals surface area contributed by atoms with Gasteiger partial charge in [0.2, 0.25) is 0 Å². The van der Waals surface area contributed by atoms with E-state index in [0.29, 0.717) is 6.54 Å². The van der Waals surface area contributed by atoms with Gasteiger partial charge in [0.05, 0.1) is 5.69 Å². The number of hydrogen-bond acceptors (Lipinski definition) is 4. The molecular weight excluding hydrogens is 363 g/mol. The van der Waals surface area contributed by atoms with Gasteiger partial charge in [0.15, 0.2) is 18.2 Å². The third kappa shape index (κ3) is 3.77. The molecule has 0 saturated carbocycles. The van der Waals surface area contributed by atoms with Gasteiger partial charge in [-0.1, -0.05) is 24.3 Å². The molecule has 2 aliphatic rings. The van der Waals surface area contributed by atoms with Crippen LogP contribution in [0.15, 0.2) is 36.4 Å². The molecule has 2 aromatic carbocycles. The Morgan fingerprint density at radius 1 is 1.32 bits per heavy atom. The molecule has 8 heteroatoms. The summed E-state index contributed by atoms with van der Waals surface area (Å²) in [6.07, 6.45) is 0.851. The van der Waals surface area contributed by atoms with Gasteiger partial charge in [0.25, 0.3) is 5.91 Å². The number of anilines is 2. The molecule has 146 valence electrons. The Kier molecular flexibility index (Phi) is 4.87. The maximum atomic E-state index is 14.1. The maximum absolute atomic E-state index is 14.1. The number of rotatable bonds is 3. The van der Waals surface area contributed by atoms with Crippen LogP contribution in [0.5, 0.6) is 5.75 Å². The lowest BCUT2D eigenvalue weighted by Crippen LogP contribution is -2.46. The number of carbonyl (C=O) groups excluding carboxylic acids is 2. The fourth-order valence-corrected chi connectivity index (χ4v) is 3.56. The Bertz CT molecular complexity index is 934. The molecule has 28 heavy (non-hydrogen) atoms. The van der Waals surface area contributed by atoms with Crippen LogP contribution >= 0.6 is 0 Å². The SMILES string of the molecule is CN1Cc2ccccc2CC1CNC(=O)Nc1cc(F)c2c(c1)NC(=O)CO2. The predicted molar refractivity (Wildman–Crippen MR) is 103 cm³/mol. The molecule has 0 spiro atoms. The summed E-state index contributed by atoms with van der Waals surface area (Å²) < 4.78 is 19.2. The molecule has 3 N–H and O–H groups in total. The number of nitrogens with one attached hydrogen (secondary N) is 3. The molecule has 2 aromatic rings. The fraction of sp³-hybridized carbons (Fsp3) is 0.300. The Morgan fingerprint density at radius 2 is 2.11 bits per heavy atom. The van der Waals surface area contributed by atoms with Gasteiger partial charge in [-0.2, -0.15) is 0 Å². The molecule has 0 radical (unpaired) electrons. The standard InChI is InChI=1S/C20H21FN4O3/c1-25-10-13-5-3-2-4-12(13)6-15(25)9-22-20(27)23-14-7-16(21)19-17(8-14)24-18(26)11-28-19/h2-5,7-8,15H,6,9-11H2,1H3,(H,24,26)(H2,22,23,27). The molecule has 7 nitrogen and oxygen atoms in total.